The molecule has 2 amide bonds. The lowest BCUT2D eigenvalue weighted by Crippen LogP contribution is -2.60. The smallest absolute Gasteiger partial charge is 0.360 e. The highest BCUT2D eigenvalue weighted by Crippen LogP contribution is 2.65. The van der Waals surface area contributed by atoms with Gasteiger partial charge in [0.25, 0.3) is 0 Å². The molecule has 1 aromatic heterocycles. The molecule has 1 aromatic rings. The first-order chi connectivity index (χ1) is 16.0. The SMILES string of the molecule is CC(C)(C)[C@H](NC(=S)C(F)(F)F)C(=O)N1C[C@H]2[C@@H]([C@H]1C(=O)N[C@H](C#N)Cn1nc[nH]c1=O)C2(C)C. The molecule has 192 valence electrons. The first-order valence-corrected chi connectivity index (χ1v) is 11.4. The number of carbonyl (C=O) groups is 2. The fourth-order valence-corrected chi connectivity index (χ4v) is 4.92. The highest BCUT2D eigenvalue weighted by atomic mass is 32.1. The van der Waals surface area contributed by atoms with Gasteiger partial charge >= 0.3 is 11.9 Å². The molecule has 0 bridgehead atoms. The minimum atomic E-state index is -4.81. The number of nitrogens with zero attached hydrogens (tertiary/aromatic N) is 4. The van der Waals surface area contributed by atoms with E-state index in [0.717, 1.165) is 11.0 Å². The van der Waals surface area contributed by atoms with Crippen LogP contribution < -0.4 is 16.3 Å². The van der Waals surface area contributed by atoms with E-state index in [2.05, 4.69) is 32.9 Å². The second-order valence-electron chi connectivity index (χ2n) is 10.6. The zero-order valence-electron chi connectivity index (χ0n) is 19.9. The van der Waals surface area contributed by atoms with E-state index in [9.17, 15) is 32.8 Å². The standard InChI is InChI=1S/C21H28F3N7O3S/c1-19(2,3)14(29-17(35)21(22,23)24)16(33)30-8-11-12(20(11,4)5)13(30)15(32)28-10(6-25)7-31-18(34)26-9-27-31/h9-14H,7-8H2,1-5H3,(H,28,32)(H,29,35)(H,26,27,34)/t10-,11+,12+,13+,14-/m1/s1. The summed E-state index contributed by atoms with van der Waals surface area (Å²) in [6, 6.07) is -1.53. The van der Waals surface area contributed by atoms with Gasteiger partial charge in [0, 0.05) is 6.54 Å². The quantitative estimate of drug-likeness (QED) is 0.480. The number of carbonyl (C=O) groups excluding carboxylic acids is 2. The summed E-state index contributed by atoms with van der Waals surface area (Å²) in [5.74, 6) is -1.54. The number of likely N-dealkylation sites (tertiary alicyclic amines) is 1. The van der Waals surface area contributed by atoms with Crippen molar-refractivity contribution in [2.45, 2.75) is 65.5 Å². The predicted molar refractivity (Wildman–Crippen MR) is 122 cm³/mol. The van der Waals surface area contributed by atoms with Gasteiger partial charge in [-0.2, -0.15) is 23.5 Å². The lowest BCUT2D eigenvalue weighted by molar-refractivity contribution is -0.144. The molecule has 0 radical (unpaired) electrons. The van der Waals surface area contributed by atoms with E-state index in [1.54, 1.807) is 20.8 Å². The Hall–Kier alpha value is -2.95. The van der Waals surface area contributed by atoms with Crippen molar-refractivity contribution < 1.29 is 22.8 Å². The van der Waals surface area contributed by atoms with Gasteiger partial charge in [0.1, 0.15) is 24.5 Å². The number of hydrogen-bond acceptors (Lipinski definition) is 6. The van der Waals surface area contributed by atoms with Crippen LogP contribution in [0, 0.1) is 34.0 Å². The lowest BCUT2D eigenvalue weighted by atomic mass is 9.85. The molecule has 1 aliphatic carbocycles. The number of H-pyrrole nitrogens is 1. The Labute approximate surface area is 205 Å². The Kier molecular flexibility index (Phi) is 6.80. The zero-order chi connectivity index (χ0) is 26.5. The number of alkyl halides is 3. The van der Waals surface area contributed by atoms with E-state index in [1.165, 1.54) is 4.90 Å². The summed E-state index contributed by atoms with van der Waals surface area (Å²) in [4.78, 5) is 40.8. The first kappa shape index (κ1) is 26.7. The molecule has 2 aliphatic rings. The van der Waals surface area contributed by atoms with Crippen LogP contribution in [0.15, 0.2) is 11.1 Å². The Bertz CT molecular complexity index is 1110. The average Bonchev–Trinajstić information content (AvgIpc) is 3.10. The van der Waals surface area contributed by atoms with Gasteiger partial charge < -0.3 is 15.5 Å². The van der Waals surface area contributed by atoms with E-state index < -0.39 is 52.2 Å². The molecular weight excluding hydrogens is 487 g/mol. The number of aromatic amines is 1. The van der Waals surface area contributed by atoms with Crippen molar-refractivity contribution in [3.63, 3.8) is 0 Å². The summed E-state index contributed by atoms with van der Waals surface area (Å²) in [7, 11) is 0. The van der Waals surface area contributed by atoms with Gasteiger partial charge in [-0.1, -0.05) is 46.8 Å². The lowest BCUT2D eigenvalue weighted by Gasteiger charge is -2.38. The molecule has 0 spiro atoms. The Morgan fingerprint density at radius 2 is 1.97 bits per heavy atom. The van der Waals surface area contributed by atoms with Crippen molar-refractivity contribution in [3.05, 3.63) is 16.8 Å². The molecule has 1 saturated heterocycles. The maximum Gasteiger partial charge on any atom is 0.441 e. The second-order valence-corrected chi connectivity index (χ2v) is 11.0. The van der Waals surface area contributed by atoms with Crippen LogP contribution in [0.2, 0.25) is 0 Å². The Balaban J connectivity index is 1.84. The van der Waals surface area contributed by atoms with E-state index >= 15 is 0 Å². The number of nitriles is 1. The molecule has 10 nitrogen and oxygen atoms in total. The van der Waals surface area contributed by atoms with Crippen molar-refractivity contribution in [2.75, 3.05) is 6.54 Å². The monoisotopic (exact) mass is 515 g/mol. The predicted octanol–water partition coefficient (Wildman–Crippen LogP) is 0.957. The van der Waals surface area contributed by atoms with Crippen LogP contribution in [0.4, 0.5) is 13.2 Å². The number of thiocarbonyl (C=S) groups is 1. The molecule has 0 aromatic carbocycles. The van der Waals surface area contributed by atoms with Gasteiger partial charge in [-0.3, -0.25) is 14.6 Å². The summed E-state index contributed by atoms with van der Waals surface area (Å²) in [5, 5.41) is 18.0. The van der Waals surface area contributed by atoms with Crippen LogP contribution in [0.5, 0.6) is 0 Å². The second kappa shape index (κ2) is 8.92. The van der Waals surface area contributed by atoms with Crippen molar-refractivity contribution >= 4 is 29.0 Å². The van der Waals surface area contributed by atoms with E-state index in [-0.39, 0.29) is 30.3 Å². The van der Waals surface area contributed by atoms with Gasteiger partial charge in [0.2, 0.25) is 11.8 Å². The number of aromatic nitrogens is 3. The van der Waals surface area contributed by atoms with E-state index in [4.69, 9.17) is 0 Å². The van der Waals surface area contributed by atoms with Crippen LogP contribution >= 0.6 is 12.2 Å². The van der Waals surface area contributed by atoms with Gasteiger partial charge in [0.15, 0.2) is 4.99 Å². The average molecular weight is 516 g/mol. The molecule has 2 fully saturated rings. The first-order valence-electron chi connectivity index (χ1n) is 11.0. The number of halogens is 3. The molecule has 1 saturated carbocycles. The number of rotatable bonds is 6. The summed E-state index contributed by atoms with van der Waals surface area (Å²) in [6.07, 6.45) is -3.66. The molecule has 14 heteroatoms. The van der Waals surface area contributed by atoms with Gasteiger partial charge in [0.05, 0.1) is 12.6 Å². The van der Waals surface area contributed by atoms with Crippen molar-refractivity contribution in [1.29, 1.82) is 5.26 Å². The highest BCUT2D eigenvalue weighted by molar-refractivity contribution is 7.80. The summed E-state index contributed by atoms with van der Waals surface area (Å²) in [6.45, 7) is 8.69. The number of hydrogen-bond donors (Lipinski definition) is 3. The number of nitrogens with one attached hydrogen (secondary N) is 3. The van der Waals surface area contributed by atoms with Crippen molar-refractivity contribution in [3.8, 4) is 6.07 Å². The molecule has 1 aliphatic heterocycles. The van der Waals surface area contributed by atoms with Crippen LogP contribution in [-0.2, 0) is 16.1 Å². The molecule has 3 N–H and O–H groups in total. The molecule has 3 rings (SSSR count). The van der Waals surface area contributed by atoms with Gasteiger partial charge in [-0.25, -0.2) is 9.48 Å². The molecule has 0 unspecified atom stereocenters. The zero-order valence-corrected chi connectivity index (χ0v) is 20.8. The minimum Gasteiger partial charge on any atom is -0.360 e. The summed E-state index contributed by atoms with van der Waals surface area (Å²) >= 11 is 4.46. The number of fused-ring (bicyclic) bond motifs is 1. The van der Waals surface area contributed by atoms with Crippen LogP contribution in [-0.4, -0.2) is 67.3 Å². The van der Waals surface area contributed by atoms with Gasteiger partial charge in [-0.15, -0.1) is 0 Å². The van der Waals surface area contributed by atoms with Crippen LogP contribution in [0.25, 0.3) is 0 Å². The molecule has 35 heavy (non-hydrogen) atoms. The van der Waals surface area contributed by atoms with Crippen LogP contribution in [0.3, 0.4) is 0 Å². The molecular formula is C21H28F3N7O3S. The Morgan fingerprint density at radius 1 is 1.34 bits per heavy atom. The van der Waals surface area contributed by atoms with Crippen LogP contribution in [0.1, 0.15) is 34.6 Å². The molecule has 2 heterocycles. The molecule has 5 atom stereocenters. The highest BCUT2D eigenvalue weighted by Gasteiger charge is 2.69. The van der Waals surface area contributed by atoms with E-state index in [1.807, 2.05) is 19.9 Å². The van der Waals surface area contributed by atoms with Gasteiger partial charge in [-0.05, 0) is 22.7 Å². The fourth-order valence-electron chi connectivity index (χ4n) is 4.80. The maximum atomic E-state index is 13.5. The Morgan fingerprint density at radius 3 is 2.46 bits per heavy atom. The third-order valence-electron chi connectivity index (χ3n) is 6.85. The topological polar surface area (TPSA) is 136 Å². The fraction of sp³-hybridized carbons (Fsp3) is 0.714. The normalized spacial score (nSPS) is 24.7. The number of piperidine rings is 1. The van der Waals surface area contributed by atoms with Crippen molar-refractivity contribution in [1.82, 2.24) is 30.3 Å². The summed E-state index contributed by atoms with van der Waals surface area (Å²) in [5.41, 5.74) is -1.77. The minimum absolute atomic E-state index is 0.0214. The third-order valence-corrected chi connectivity index (χ3v) is 7.20. The third kappa shape index (κ3) is 5.19. The largest absolute Gasteiger partial charge is 0.441 e. The van der Waals surface area contributed by atoms with Crippen molar-refractivity contribution in [2.24, 2.45) is 22.7 Å². The number of amides is 2. The maximum absolute atomic E-state index is 13.5. The summed E-state index contributed by atoms with van der Waals surface area (Å²) < 4.78 is 40.4. The van der Waals surface area contributed by atoms with E-state index in [0.29, 0.717) is 0 Å².